The first kappa shape index (κ1) is 13.0. The van der Waals surface area contributed by atoms with E-state index < -0.39 is 0 Å². The van der Waals surface area contributed by atoms with Gasteiger partial charge in [-0.25, -0.2) is 0 Å². The van der Waals surface area contributed by atoms with Crippen molar-refractivity contribution in [2.75, 3.05) is 19.6 Å². The fraction of sp³-hybridized carbons (Fsp3) is 0.750. The highest BCUT2D eigenvalue weighted by molar-refractivity contribution is 5.76. The van der Waals surface area contributed by atoms with Crippen molar-refractivity contribution in [3.63, 3.8) is 0 Å². The van der Waals surface area contributed by atoms with Crippen molar-refractivity contribution in [1.29, 1.82) is 0 Å². The van der Waals surface area contributed by atoms with Crippen LogP contribution in [0.1, 0.15) is 30.9 Å². The first-order valence-corrected chi connectivity index (χ1v) is 6.52. The maximum atomic E-state index is 11.8. The van der Waals surface area contributed by atoms with Gasteiger partial charge in [0.25, 0.3) is 0 Å². The summed E-state index contributed by atoms with van der Waals surface area (Å²) in [5.41, 5.74) is 0. The van der Waals surface area contributed by atoms with Gasteiger partial charge < -0.3 is 14.8 Å². The molecule has 0 aliphatic carbocycles. The molecular weight excluding hydrogens is 230 g/mol. The Kier molecular flexibility index (Phi) is 4.30. The zero-order valence-electron chi connectivity index (χ0n) is 11.1. The number of aryl methyl sites for hydroxylation is 1. The Labute approximate surface area is 107 Å². The van der Waals surface area contributed by atoms with Gasteiger partial charge in [-0.3, -0.25) is 4.79 Å². The Morgan fingerprint density at radius 1 is 1.33 bits per heavy atom. The van der Waals surface area contributed by atoms with Crippen molar-refractivity contribution in [2.24, 2.45) is 7.05 Å². The number of nitrogens with one attached hydrogen (secondary N) is 1. The average molecular weight is 251 g/mol. The van der Waals surface area contributed by atoms with Crippen molar-refractivity contribution in [2.45, 2.75) is 32.7 Å². The van der Waals surface area contributed by atoms with E-state index in [9.17, 15) is 4.79 Å². The molecular formula is C12H21N5O. The molecule has 2 heterocycles. The van der Waals surface area contributed by atoms with E-state index in [1.54, 1.807) is 0 Å². The second kappa shape index (κ2) is 5.95. The van der Waals surface area contributed by atoms with Gasteiger partial charge in [0.1, 0.15) is 11.6 Å². The molecule has 0 aromatic carbocycles. The second-order valence-electron chi connectivity index (χ2n) is 4.74. The molecule has 1 aliphatic rings. The van der Waals surface area contributed by atoms with Crippen LogP contribution >= 0.6 is 0 Å². The van der Waals surface area contributed by atoms with E-state index in [0.29, 0.717) is 19.5 Å². The Morgan fingerprint density at radius 2 is 2.06 bits per heavy atom. The van der Waals surface area contributed by atoms with E-state index in [2.05, 4.69) is 15.5 Å². The molecule has 1 amide bonds. The standard InChI is InChI=1S/C12H21N5O/c1-10-14-15-11(16(10)2)9-13-6-5-12(18)17-7-3-4-8-17/h13H,3-9H2,1-2H3. The van der Waals surface area contributed by atoms with Crippen LogP contribution in [0, 0.1) is 6.92 Å². The highest BCUT2D eigenvalue weighted by Gasteiger charge is 2.16. The molecule has 2 rings (SSSR count). The maximum absolute atomic E-state index is 11.8. The third-order valence-electron chi connectivity index (χ3n) is 3.44. The molecule has 1 saturated heterocycles. The lowest BCUT2D eigenvalue weighted by Gasteiger charge is -2.15. The lowest BCUT2D eigenvalue weighted by atomic mass is 10.3. The summed E-state index contributed by atoms with van der Waals surface area (Å²) in [6.07, 6.45) is 2.87. The maximum Gasteiger partial charge on any atom is 0.223 e. The van der Waals surface area contributed by atoms with Crippen LogP contribution in [0.25, 0.3) is 0 Å². The molecule has 6 nitrogen and oxygen atoms in total. The van der Waals surface area contributed by atoms with Crippen molar-refractivity contribution in [1.82, 2.24) is 25.0 Å². The van der Waals surface area contributed by atoms with Gasteiger partial charge in [-0.2, -0.15) is 0 Å². The lowest BCUT2D eigenvalue weighted by Crippen LogP contribution is -2.30. The quantitative estimate of drug-likeness (QED) is 0.761. The van der Waals surface area contributed by atoms with Crippen LogP contribution in [-0.2, 0) is 18.4 Å². The molecule has 1 aliphatic heterocycles. The normalized spacial score (nSPS) is 15.3. The average Bonchev–Trinajstić information content (AvgIpc) is 2.99. The van der Waals surface area contributed by atoms with Crippen molar-refractivity contribution in [3.05, 3.63) is 11.6 Å². The predicted octanol–water partition coefficient (Wildman–Crippen LogP) is 0.226. The zero-order chi connectivity index (χ0) is 13.0. The summed E-state index contributed by atoms with van der Waals surface area (Å²) in [5, 5.41) is 11.3. The number of likely N-dealkylation sites (tertiary alicyclic amines) is 1. The summed E-state index contributed by atoms with van der Waals surface area (Å²) in [6, 6.07) is 0. The second-order valence-corrected chi connectivity index (χ2v) is 4.74. The SMILES string of the molecule is Cc1nnc(CNCCC(=O)N2CCCC2)n1C. The van der Waals surface area contributed by atoms with Crippen LogP contribution < -0.4 is 5.32 Å². The highest BCUT2D eigenvalue weighted by atomic mass is 16.2. The molecule has 0 saturated carbocycles. The Bertz CT molecular complexity index is 409. The Morgan fingerprint density at radius 3 is 2.67 bits per heavy atom. The zero-order valence-corrected chi connectivity index (χ0v) is 11.1. The molecule has 0 spiro atoms. The van der Waals surface area contributed by atoms with Crippen LogP contribution in [0.2, 0.25) is 0 Å². The van der Waals surface area contributed by atoms with Gasteiger partial charge in [0.2, 0.25) is 5.91 Å². The van der Waals surface area contributed by atoms with Crippen LogP contribution in [-0.4, -0.2) is 45.2 Å². The smallest absolute Gasteiger partial charge is 0.223 e. The first-order valence-electron chi connectivity index (χ1n) is 6.52. The summed E-state index contributed by atoms with van der Waals surface area (Å²) in [7, 11) is 1.95. The number of hydrogen-bond donors (Lipinski definition) is 1. The van der Waals surface area contributed by atoms with Gasteiger partial charge in [0.15, 0.2) is 0 Å². The van der Waals surface area contributed by atoms with Crippen LogP contribution in [0.5, 0.6) is 0 Å². The monoisotopic (exact) mass is 251 g/mol. The van der Waals surface area contributed by atoms with Gasteiger partial charge in [-0.1, -0.05) is 0 Å². The fourth-order valence-corrected chi connectivity index (χ4v) is 2.13. The predicted molar refractivity (Wildman–Crippen MR) is 67.9 cm³/mol. The minimum absolute atomic E-state index is 0.258. The molecule has 1 aromatic rings. The molecule has 1 N–H and O–H groups in total. The van der Waals surface area contributed by atoms with Gasteiger partial charge in [-0.05, 0) is 19.8 Å². The third-order valence-corrected chi connectivity index (χ3v) is 3.44. The number of rotatable bonds is 5. The summed E-state index contributed by atoms with van der Waals surface area (Å²) >= 11 is 0. The summed E-state index contributed by atoms with van der Waals surface area (Å²) in [5.74, 6) is 2.07. The van der Waals surface area contributed by atoms with Gasteiger partial charge in [0.05, 0.1) is 6.54 Å². The van der Waals surface area contributed by atoms with E-state index >= 15 is 0 Å². The molecule has 1 fully saturated rings. The third kappa shape index (κ3) is 3.07. The fourth-order valence-electron chi connectivity index (χ4n) is 2.13. The highest BCUT2D eigenvalue weighted by Crippen LogP contribution is 2.08. The van der Waals surface area contributed by atoms with Gasteiger partial charge in [0, 0.05) is 33.1 Å². The number of aromatic nitrogens is 3. The van der Waals surface area contributed by atoms with E-state index in [-0.39, 0.29) is 5.91 Å². The molecule has 0 atom stereocenters. The number of carbonyl (C=O) groups is 1. The van der Waals surface area contributed by atoms with Crippen molar-refractivity contribution in [3.8, 4) is 0 Å². The van der Waals surface area contributed by atoms with Crippen LogP contribution in [0.15, 0.2) is 0 Å². The van der Waals surface area contributed by atoms with Gasteiger partial charge >= 0.3 is 0 Å². The summed E-state index contributed by atoms with van der Waals surface area (Å²) in [6.45, 7) is 5.14. The Balaban J connectivity index is 1.66. The first-order chi connectivity index (χ1) is 8.68. The van der Waals surface area contributed by atoms with Crippen LogP contribution in [0.3, 0.4) is 0 Å². The van der Waals surface area contributed by atoms with Crippen molar-refractivity contribution >= 4 is 5.91 Å². The molecule has 6 heteroatoms. The number of amides is 1. The minimum Gasteiger partial charge on any atom is -0.343 e. The lowest BCUT2D eigenvalue weighted by molar-refractivity contribution is -0.130. The Hall–Kier alpha value is -1.43. The topological polar surface area (TPSA) is 63.1 Å². The summed E-state index contributed by atoms with van der Waals surface area (Å²) in [4.78, 5) is 13.7. The number of hydrogen-bond acceptors (Lipinski definition) is 4. The largest absolute Gasteiger partial charge is 0.343 e. The van der Waals surface area contributed by atoms with Crippen molar-refractivity contribution < 1.29 is 4.79 Å². The van der Waals surface area contributed by atoms with E-state index in [0.717, 1.165) is 37.6 Å². The molecule has 1 aromatic heterocycles. The van der Waals surface area contributed by atoms with E-state index in [1.165, 1.54) is 0 Å². The molecule has 0 unspecified atom stereocenters. The van der Waals surface area contributed by atoms with Crippen LogP contribution in [0.4, 0.5) is 0 Å². The van der Waals surface area contributed by atoms with Gasteiger partial charge in [-0.15, -0.1) is 10.2 Å². The minimum atomic E-state index is 0.258. The molecule has 0 radical (unpaired) electrons. The van der Waals surface area contributed by atoms with E-state index in [1.807, 2.05) is 23.4 Å². The van der Waals surface area contributed by atoms with E-state index in [4.69, 9.17) is 0 Å². The molecule has 100 valence electrons. The number of carbonyl (C=O) groups excluding carboxylic acids is 1. The summed E-state index contributed by atoms with van der Waals surface area (Å²) < 4.78 is 1.95. The molecule has 0 bridgehead atoms. The molecule has 18 heavy (non-hydrogen) atoms. The number of nitrogens with zero attached hydrogens (tertiary/aromatic N) is 4.